The Bertz CT molecular complexity index is 1350. The van der Waals surface area contributed by atoms with E-state index in [4.69, 9.17) is 0 Å². The largest absolute Gasteiger partial charge is 0.296 e. The Morgan fingerprint density at radius 2 is 1.42 bits per heavy atom. The van der Waals surface area contributed by atoms with Gasteiger partial charge in [0.25, 0.3) is 15.9 Å². The molecule has 2 aromatic carbocycles. The van der Waals surface area contributed by atoms with E-state index in [1.54, 1.807) is 54.6 Å². The number of anilines is 1. The number of carbonyl (C=O) groups excluding carboxylic acids is 1. The SMILES string of the molecule is Cc1ccc(S(=O)(=O)N2CCN(S(=O)(=O)c3nnc(NC(=O)c4ccccc4)s3)CC2)cc1. The first-order chi connectivity index (χ1) is 15.7. The van der Waals surface area contributed by atoms with Gasteiger partial charge in [-0.1, -0.05) is 47.2 Å². The molecule has 0 aliphatic carbocycles. The minimum Gasteiger partial charge on any atom is -0.296 e. The van der Waals surface area contributed by atoms with E-state index < -0.39 is 26.0 Å². The molecule has 1 aliphatic rings. The highest BCUT2D eigenvalue weighted by Gasteiger charge is 2.35. The molecule has 0 unspecified atom stereocenters. The van der Waals surface area contributed by atoms with Crippen molar-refractivity contribution in [3.05, 3.63) is 65.7 Å². The van der Waals surface area contributed by atoms with Gasteiger partial charge in [0.2, 0.25) is 19.5 Å². The van der Waals surface area contributed by atoms with Crippen LogP contribution in [0.3, 0.4) is 0 Å². The first-order valence-electron chi connectivity index (χ1n) is 9.95. The van der Waals surface area contributed by atoms with Crippen molar-refractivity contribution in [2.75, 3.05) is 31.5 Å². The topological polar surface area (TPSA) is 130 Å². The number of sulfonamides is 2. The highest BCUT2D eigenvalue weighted by molar-refractivity contribution is 7.91. The molecule has 33 heavy (non-hydrogen) atoms. The fourth-order valence-corrected chi connectivity index (χ4v) is 7.12. The Morgan fingerprint density at radius 1 is 0.848 bits per heavy atom. The lowest BCUT2D eigenvalue weighted by molar-refractivity contribution is 0.102. The Hall–Kier alpha value is -2.71. The molecule has 13 heteroatoms. The van der Waals surface area contributed by atoms with Crippen molar-refractivity contribution in [2.24, 2.45) is 0 Å². The van der Waals surface area contributed by atoms with Crippen LogP contribution in [0.5, 0.6) is 0 Å². The van der Waals surface area contributed by atoms with Crippen LogP contribution >= 0.6 is 11.3 Å². The third-order valence-corrected chi connectivity index (χ3v) is 10.1. The van der Waals surface area contributed by atoms with Crippen molar-refractivity contribution in [1.29, 1.82) is 0 Å². The van der Waals surface area contributed by atoms with E-state index >= 15 is 0 Å². The number of hydrogen-bond acceptors (Lipinski definition) is 8. The molecule has 1 aromatic heterocycles. The van der Waals surface area contributed by atoms with Gasteiger partial charge in [0, 0.05) is 31.7 Å². The smallest absolute Gasteiger partial charge is 0.272 e. The van der Waals surface area contributed by atoms with Crippen LogP contribution in [-0.4, -0.2) is 67.7 Å². The van der Waals surface area contributed by atoms with Gasteiger partial charge in [-0.05, 0) is 31.2 Å². The second-order valence-corrected chi connectivity index (χ2v) is 12.3. The maximum Gasteiger partial charge on any atom is 0.272 e. The molecule has 0 saturated carbocycles. The number of amides is 1. The Morgan fingerprint density at radius 3 is 2.03 bits per heavy atom. The Labute approximate surface area is 196 Å². The van der Waals surface area contributed by atoms with Crippen LogP contribution in [0.4, 0.5) is 5.13 Å². The van der Waals surface area contributed by atoms with E-state index in [0.29, 0.717) is 5.56 Å². The molecule has 174 valence electrons. The molecule has 1 fully saturated rings. The summed E-state index contributed by atoms with van der Waals surface area (Å²) in [5, 5.41) is 10.1. The molecule has 0 radical (unpaired) electrons. The lowest BCUT2D eigenvalue weighted by Crippen LogP contribution is -2.50. The van der Waals surface area contributed by atoms with Crippen LogP contribution in [0.1, 0.15) is 15.9 Å². The van der Waals surface area contributed by atoms with Gasteiger partial charge in [-0.2, -0.15) is 8.61 Å². The normalized spacial score (nSPS) is 15.9. The second kappa shape index (κ2) is 9.27. The maximum atomic E-state index is 13.0. The van der Waals surface area contributed by atoms with Crippen LogP contribution in [-0.2, 0) is 20.0 Å². The summed E-state index contributed by atoms with van der Waals surface area (Å²) in [5.74, 6) is -0.425. The van der Waals surface area contributed by atoms with Crippen LogP contribution in [0, 0.1) is 6.92 Å². The van der Waals surface area contributed by atoms with Gasteiger partial charge >= 0.3 is 0 Å². The molecule has 0 bridgehead atoms. The van der Waals surface area contributed by atoms with E-state index in [0.717, 1.165) is 16.9 Å². The molecule has 2 heterocycles. The van der Waals surface area contributed by atoms with E-state index in [2.05, 4.69) is 15.5 Å². The minimum absolute atomic E-state index is 0.0152. The molecule has 1 amide bonds. The highest BCUT2D eigenvalue weighted by Crippen LogP contribution is 2.26. The monoisotopic (exact) mass is 507 g/mol. The molecule has 3 aromatic rings. The van der Waals surface area contributed by atoms with Crippen LogP contribution in [0.2, 0.25) is 0 Å². The van der Waals surface area contributed by atoms with E-state index in [9.17, 15) is 21.6 Å². The first kappa shape index (κ1) is 23.4. The zero-order chi connectivity index (χ0) is 23.6. The number of piperazine rings is 1. The summed E-state index contributed by atoms with van der Waals surface area (Å²) in [6.07, 6.45) is 0. The zero-order valence-electron chi connectivity index (χ0n) is 17.6. The van der Waals surface area contributed by atoms with Crippen LogP contribution < -0.4 is 5.32 Å². The third kappa shape index (κ3) is 4.96. The minimum atomic E-state index is -3.98. The number of carbonyl (C=O) groups is 1. The number of aryl methyl sites for hydroxylation is 1. The van der Waals surface area contributed by atoms with Gasteiger partial charge in [0.05, 0.1) is 4.90 Å². The van der Waals surface area contributed by atoms with Crippen molar-refractivity contribution in [2.45, 2.75) is 16.2 Å². The van der Waals surface area contributed by atoms with Crippen LogP contribution in [0.25, 0.3) is 0 Å². The second-order valence-electron chi connectivity index (χ2n) is 7.31. The van der Waals surface area contributed by atoms with E-state index in [-0.39, 0.29) is 40.5 Å². The first-order valence-corrected chi connectivity index (χ1v) is 13.6. The quantitative estimate of drug-likeness (QED) is 0.504. The van der Waals surface area contributed by atoms with E-state index in [1.165, 1.54) is 8.61 Å². The Kier molecular flexibility index (Phi) is 6.59. The molecule has 0 atom stereocenters. The number of aromatic nitrogens is 2. The summed E-state index contributed by atoms with van der Waals surface area (Å²) in [5.41, 5.74) is 1.35. The summed E-state index contributed by atoms with van der Waals surface area (Å²) >= 11 is 0.745. The highest BCUT2D eigenvalue weighted by atomic mass is 32.2. The number of nitrogens with zero attached hydrogens (tertiary/aromatic N) is 4. The molecule has 1 N–H and O–H groups in total. The average molecular weight is 508 g/mol. The standard InChI is InChI=1S/C20H21N5O5S3/c1-15-7-9-17(10-8-15)32(27,28)24-11-13-25(14-12-24)33(29,30)20-23-22-19(31-20)21-18(26)16-5-3-2-4-6-16/h2-10H,11-14H2,1H3,(H,21,22,26). The average Bonchev–Trinajstić information content (AvgIpc) is 3.29. The van der Waals surface area contributed by atoms with Gasteiger partial charge in [0.15, 0.2) is 0 Å². The zero-order valence-corrected chi connectivity index (χ0v) is 20.0. The van der Waals surface area contributed by atoms with Gasteiger partial charge in [-0.3, -0.25) is 10.1 Å². The van der Waals surface area contributed by atoms with Crippen molar-refractivity contribution in [3.8, 4) is 0 Å². The number of rotatable bonds is 6. The maximum absolute atomic E-state index is 13.0. The number of nitrogens with one attached hydrogen (secondary N) is 1. The lowest BCUT2D eigenvalue weighted by atomic mass is 10.2. The van der Waals surface area contributed by atoms with Gasteiger partial charge in [-0.15, -0.1) is 10.2 Å². The van der Waals surface area contributed by atoms with Crippen LogP contribution in [0.15, 0.2) is 63.8 Å². The molecular weight excluding hydrogens is 486 g/mol. The molecule has 0 spiro atoms. The number of benzene rings is 2. The number of hydrogen-bond donors (Lipinski definition) is 1. The summed E-state index contributed by atoms with van der Waals surface area (Å²) in [6.45, 7) is 1.88. The third-order valence-electron chi connectivity index (χ3n) is 5.08. The molecule has 4 rings (SSSR count). The fraction of sp³-hybridized carbons (Fsp3) is 0.250. The fourth-order valence-electron chi connectivity index (χ4n) is 3.24. The molecule has 10 nitrogen and oxygen atoms in total. The van der Waals surface area contributed by atoms with Crippen molar-refractivity contribution < 1.29 is 21.6 Å². The summed E-state index contributed by atoms with van der Waals surface area (Å²) < 4.78 is 53.8. The van der Waals surface area contributed by atoms with Crippen molar-refractivity contribution in [1.82, 2.24) is 18.8 Å². The van der Waals surface area contributed by atoms with Crippen molar-refractivity contribution in [3.63, 3.8) is 0 Å². The van der Waals surface area contributed by atoms with E-state index in [1.807, 2.05) is 6.92 Å². The molecular formula is C20H21N5O5S3. The van der Waals surface area contributed by atoms with Gasteiger partial charge < -0.3 is 0 Å². The van der Waals surface area contributed by atoms with Gasteiger partial charge in [0.1, 0.15) is 0 Å². The predicted molar refractivity (Wildman–Crippen MR) is 123 cm³/mol. The molecule has 1 saturated heterocycles. The van der Waals surface area contributed by atoms with Crippen molar-refractivity contribution >= 4 is 42.4 Å². The Balaban J connectivity index is 1.42. The summed E-state index contributed by atoms with van der Waals surface area (Å²) in [4.78, 5) is 12.4. The molecule has 1 aliphatic heterocycles. The van der Waals surface area contributed by atoms with Gasteiger partial charge in [-0.25, -0.2) is 16.8 Å². The summed E-state index contributed by atoms with van der Waals surface area (Å²) in [7, 11) is -7.68. The lowest BCUT2D eigenvalue weighted by Gasteiger charge is -2.32. The predicted octanol–water partition coefficient (Wildman–Crippen LogP) is 1.79. The summed E-state index contributed by atoms with van der Waals surface area (Å²) in [6, 6.07) is 15.0.